The van der Waals surface area contributed by atoms with E-state index in [4.69, 9.17) is 9.47 Å². The van der Waals surface area contributed by atoms with Gasteiger partial charge in [0, 0.05) is 38.4 Å². The summed E-state index contributed by atoms with van der Waals surface area (Å²) >= 11 is 0. The fourth-order valence-corrected chi connectivity index (χ4v) is 4.36. The van der Waals surface area contributed by atoms with Crippen LogP contribution in [0.2, 0.25) is 0 Å². The molecule has 2 aliphatic heterocycles. The molecule has 6 nitrogen and oxygen atoms in total. The van der Waals surface area contributed by atoms with Gasteiger partial charge >= 0.3 is 0 Å². The van der Waals surface area contributed by atoms with Gasteiger partial charge in [0.2, 0.25) is 0 Å². The number of para-hydroxylation sites is 1. The third kappa shape index (κ3) is 5.95. The normalized spacial score (nSPS) is 24.5. The van der Waals surface area contributed by atoms with Crippen LogP contribution < -0.4 is 9.64 Å². The van der Waals surface area contributed by atoms with E-state index in [0.717, 1.165) is 5.69 Å². The fraction of sp³-hybridized carbons (Fsp3) is 0.500. The summed E-state index contributed by atoms with van der Waals surface area (Å²) in [5.41, 5.74) is -1.00. The number of benzene rings is 2. The van der Waals surface area contributed by atoms with Crippen molar-refractivity contribution >= 4 is 5.69 Å². The van der Waals surface area contributed by atoms with Crippen LogP contribution in [-0.4, -0.2) is 78.9 Å². The first-order chi connectivity index (χ1) is 14.9. The quantitative estimate of drug-likeness (QED) is 0.733. The van der Waals surface area contributed by atoms with Crippen molar-refractivity contribution < 1.29 is 24.1 Å². The minimum Gasteiger partial charge on any atom is -0.490 e. The van der Waals surface area contributed by atoms with Crippen molar-refractivity contribution in [1.29, 1.82) is 0 Å². The molecule has 2 heterocycles. The molecule has 0 aliphatic carbocycles. The molecule has 2 fully saturated rings. The Kier molecular flexibility index (Phi) is 6.77. The van der Waals surface area contributed by atoms with E-state index in [9.17, 15) is 14.6 Å². The van der Waals surface area contributed by atoms with E-state index in [1.165, 1.54) is 12.1 Å². The van der Waals surface area contributed by atoms with E-state index >= 15 is 0 Å². The second-order valence-electron chi connectivity index (χ2n) is 8.78. The predicted molar refractivity (Wildman–Crippen MR) is 117 cm³/mol. The Bertz CT molecular complexity index is 827. The van der Waals surface area contributed by atoms with Crippen molar-refractivity contribution in [2.24, 2.45) is 0 Å². The summed E-state index contributed by atoms with van der Waals surface area (Å²) in [5.74, 6) is 0.461. The molecular weight excluding hydrogens is 399 g/mol. The third-order valence-corrected chi connectivity index (χ3v) is 6.10. The minimum absolute atomic E-state index is 0.129. The lowest BCUT2D eigenvalue weighted by atomic mass is 9.90. The van der Waals surface area contributed by atoms with Crippen molar-refractivity contribution in [3.63, 3.8) is 0 Å². The van der Waals surface area contributed by atoms with E-state index in [0.29, 0.717) is 57.9 Å². The summed E-state index contributed by atoms with van der Waals surface area (Å²) in [6.45, 7) is 3.74. The summed E-state index contributed by atoms with van der Waals surface area (Å²) in [6, 6.07) is 15.9. The monoisotopic (exact) mass is 430 g/mol. The zero-order valence-electron chi connectivity index (χ0n) is 17.8. The molecule has 0 aromatic heterocycles. The Hall–Kier alpha value is -2.19. The van der Waals surface area contributed by atoms with Gasteiger partial charge in [-0.05, 0) is 49.2 Å². The molecule has 2 aromatic rings. The summed E-state index contributed by atoms with van der Waals surface area (Å²) in [7, 11) is 0. The van der Waals surface area contributed by atoms with Crippen LogP contribution in [0.4, 0.5) is 10.1 Å². The number of β-amino-alcohol motifs (C(OH)–C–C–N with tert-alkyl or cyclic N) is 2. The summed E-state index contributed by atoms with van der Waals surface area (Å²) in [4.78, 5) is 4.25. The van der Waals surface area contributed by atoms with Gasteiger partial charge in [-0.15, -0.1) is 0 Å². The second kappa shape index (κ2) is 9.53. The number of nitrogens with zero attached hydrogens (tertiary/aromatic N) is 2. The molecule has 0 spiro atoms. The zero-order chi connectivity index (χ0) is 21.7. The topological polar surface area (TPSA) is 65.4 Å². The lowest BCUT2D eigenvalue weighted by molar-refractivity contribution is -0.0742. The first-order valence-electron chi connectivity index (χ1n) is 10.9. The number of ether oxygens (including phenoxy) is 2. The van der Waals surface area contributed by atoms with Crippen molar-refractivity contribution in [2.75, 3.05) is 57.4 Å². The number of piperidine rings is 1. The Labute approximate surface area is 182 Å². The highest BCUT2D eigenvalue weighted by atomic mass is 19.1. The van der Waals surface area contributed by atoms with E-state index in [2.05, 4.69) is 9.80 Å². The lowest BCUT2D eigenvalue weighted by Gasteiger charge is -2.42. The lowest BCUT2D eigenvalue weighted by Crippen LogP contribution is -2.55. The first kappa shape index (κ1) is 22.0. The molecule has 0 amide bonds. The third-order valence-electron chi connectivity index (χ3n) is 6.10. The van der Waals surface area contributed by atoms with Crippen molar-refractivity contribution in [3.8, 4) is 5.75 Å². The maximum Gasteiger partial charge on any atom is 0.134 e. The van der Waals surface area contributed by atoms with Crippen LogP contribution in [-0.2, 0) is 4.74 Å². The maximum atomic E-state index is 13.2. The molecular formula is C24H31FN2O4. The SMILES string of the molecule is OC1(CN2CCOCC(O)(COc3ccccc3)C2)CCN(c2ccc(F)cc2)CC1. The van der Waals surface area contributed by atoms with Crippen LogP contribution in [0.3, 0.4) is 0 Å². The zero-order valence-corrected chi connectivity index (χ0v) is 17.8. The number of hydrogen-bond acceptors (Lipinski definition) is 6. The van der Waals surface area contributed by atoms with E-state index in [1.807, 2.05) is 30.3 Å². The van der Waals surface area contributed by atoms with Crippen molar-refractivity contribution in [1.82, 2.24) is 4.90 Å². The van der Waals surface area contributed by atoms with Crippen LogP contribution in [0, 0.1) is 5.82 Å². The number of aliphatic hydroxyl groups is 2. The summed E-state index contributed by atoms with van der Waals surface area (Å²) in [6.07, 6.45) is 1.22. The molecule has 2 saturated heterocycles. The molecule has 2 aliphatic rings. The number of hydrogen-bond donors (Lipinski definition) is 2. The second-order valence-corrected chi connectivity index (χ2v) is 8.78. The van der Waals surface area contributed by atoms with Crippen LogP contribution in [0.15, 0.2) is 54.6 Å². The van der Waals surface area contributed by atoms with E-state index in [1.54, 1.807) is 12.1 Å². The van der Waals surface area contributed by atoms with Gasteiger partial charge in [0.1, 0.15) is 23.8 Å². The van der Waals surface area contributed by atoms with Gasteiger partial charge in [0.05, 0.1) is 18.8 Å². The predicted octanol–water partition coefficient (Wildman–Crippen LogP) is 2.30. The number of halogens is 1. The molecule has 1 unspecified atom stereocenters. The molecule has 4 rings (SSSR count). The van der Waals surface area contributed by atoms with E-state index < -0.39 is 11.2 Å². The molecule has 0 radical (unpaired) electrons. The average Bonchev–Trinajstić information content (AvgIpc) is 2.95. The van der Waals surface area contributed by atoms with Gasteiger partial charge < -0.3 is 24.6 Å². The van der Waals surface area contributed by atoms with Crippen molar-refractivity contribution in [3.05, 3.63) is 60.4 Å². The molecule has 1 atom stereocenters. The fourth-order valence-electron chi connectivity index (χ4n) is 4.36. The molecule has 31 heavy (non-hydrogen) atoms. The molecule has 0 saturated carbocycles. The minimum atomic E-state index is -1.14. The molecule has 0 bridgehead atoms. The van der Waals surface area contributed by atoms with Crippen molar-refractivity contribution in [2.45, 2.75) is 24.0 Å². The van der Waals surface area contributed by atoms with Crippen LogP contribution in [0.5, 0.6) is 5.75 Å². The first-order valence-corrected chi connectivity index (χ1v) is 10.9. The Morgan fingerprint density at radius 2 is 1.65 bits per heavy atom. The summed E-state index contributed by atoms with van der Waals surface area (Å²) in [5, 5.41) is 22.3. The average molecular weight is 431 g/mol. The number of rotatable bonds is 6. The number of anilines is 1. The highest BCUT2D eigenvalue weighted by Crippen LogP contribution is 2.28. The highest BCUT2D eigenvalue weighted by molar-refractivity contribution is 5.46. The van der Waals surface area contributed by atoms with Gasteiger partial charge in [-0.2, -0.15) is 0 Å². The summed E-state index contributed by atoms with van der Waals surface area (Å²) < 4.78 is 24.6. The molecule has 2 N–H and O–H groups in total. The Balaban J connectivity index is 1.32. The van der Waals surface area contributed by atoms with Gasteiger partial charge in [0.15, 0.2) is 0 Å². The van der Waals surface area contributed by atoms with Gasteiger partial charge in [-0.3, -0.25) is 4.90 Å². The van der Waals surface area contributed by atoms with Gasteiger partial charge in [-0.25, -0.2) is 4.39 Å². The standard InChI is InChI=1S/C24H31FN2O4/c25-20-6-8-21(9-7-20)27-12-10-23(28,11-13-27)16-26-14-15-30-18-24(29,17-26)19-31-22-4-2-1-3-5-22/h1-9,28-29H,10-19H2. The van der Waals surface area contributed by atoms with Crippen LogP contribution >= 0.6 is 0 Å². The van der Waals surface area contributed by atoms with Gasteiger partial charge in [-0.1, -0.05) is 18.2 Å². The molecule has 168 valence electrons. The largest absolute Gasteiger partial charge is 0.490 e. The van der Waals surface area contributed by atoms with Crippen LogP contribution in [0.25, 0.3) is 0 Å². The molecule has 7 heteroatoms. The van der Waals surface area contributed by atoms with E-state index in [-0.39, 0.29) is 19.0 Å². The van der Waals surface area contributed by atoms with Gasteiger partial charge in [0.25, 0.3) is 0 Å². The maximum absolute atomic E-state index is 13.2. The Morgan fingerprint density at radius 1 is 0.935 bits per heavy atom. The van der Waals surface area contributed by atoms with Crippen LogP contribution in [0.1, 0.15) is 12.8 Å². The smallest absolute Gasteiger partial charge is 0.134 e. The highest BCUT2D eigenvalue weighted by Gasteiger charge is 2.39. The molecule has 2 aromatic carbocycles. The Morgan fingerprint density at radius 3 is 2.35 bits per heavy atom.